The first kappa shape index (κ1) is 21.1. The molecule has 0 saturated carbocycles. The van der Waals surface area contributed by atoms with Crippen LogP contribution in [0.2, 0.25) is 0 Å². The number of carbonyl (C=O) groups is 3. The van der Waals surface area contributed by atoms with Crippen LogP contribution in [0.3, 0.4) is 0 Å². The molecule has 4 rings (SSSR count). The maximum absolute atomic E-state index is 13.3. The fourth-order valence-electron chi connectivity index (χ4n) is 3.95. The molecular formula is C24H22BrN3O3. The largest absolute Gasteiger partial charge is 0.348 e. The molecule has 3 aromatic carbocycles. The Bertz CT molecular complexity index is 1170. The van der Waals surface area contributed by atoms with Gasteiger partial charge in [0.25, 0.3) is 5.91 Å². The molecule has 1 aliphatic rings. The molecule has 6 nitrogen and oxygen atoms in total. The third-order valence-electron chi connectivity index (χ3n) is 5.65. The molecule has 0 aromatic heterocycles. The number of urea groups is 1. The van der Waals surface area contributed by atoms with E-state index in [-0.39, 0.29) is 12.6 Å². The van der Waals surface area contributed by atoms with E-state index in [4.69, 9.17) is 0 Å². The highest BCUT2D eigenvalue weighted by Crippen LogP contribution is 2.33. The molecule has 7 heteroatoms. The van der Waals surface area contributed by atoms with Gasteiger partial charge in [0, 0.05) is 4.47 Å². The number of hydrogen-bond acceptors (Lipinski definition) is 3. The number of imide groups is 1. The molecule has 1 fully saturated rings. The van der Waals surface area contributed by atoms with Crippen LogP contribution in [-0.4, -0.2) is 29.3 Å². The molecular weight excluding hydrogens is 458 g/mol. The highest BCUT2D eigenvalue weighted by Gasteiger charge is 2.50. The smallest absolute Gasteiger partial charge is 0.325 e. The van der Waals surface area contributed by atoms with E-state index < -0.39 is 23.4 Å². The van der Waals surface area contributed by atoms with Crippen molar-refractivity contribution in [3.05, 3.63) is 82.3 Å². The highest BCUT2D eigenvalue weighted by molar-refractivity contribution is 9.10. The Kier molecular flexibility index (Phi) is 5.54. The summed E-state index contributed by atoms with van der Waals surface area (Å²) in [7, 11) is 0. The van der Waals surface area contributed by atoms with Gasteiger partial charge in [-0.15, -0.1) is 0 Å². The standard InChI is InChI=1S/C24H22BrN3O3/c1-15(16-10-12-18(25)13-11-16)26-21(29)14-28-22(30)24(2,27-23(28)31)20-9-5-7-17-6-3-4-8-19(17)20/h3-13,15H,14H2,1-2H3,(H,26,29)(H,27,31). The second-order valence-corrected chi connectivity index (χ2v) is 8.73. The van der Waals surface area contributed by atoms with Gasteiger partial charge in [-0.05, 0) is 47.9 Å². The van der Waals surface area contributed by atoms with Crippen molar-refractivity contribution in [2.24, 2.45) is 0 Å². The van der Waals surface area contributed by atoms with Crippen molar-refractivity contribution in [2.75, 3.05) is 6.54 Å². The van der Waals surface area contributed by atoms with Gasteiger partial charge in [0.2, 0.25) is 5.91 Å². The van der Waals surface area contributed by atoms with Crippen LogP contribution in [0.5, 0.6) is 0 Å². The Balaban J connectivity index is 1.53. The Morgan fingerprint density at radius 1 is 1.06 bits per heavy atom. The van der Waals surface area contributed by atoms with Crippen LogP contribution in [0.25, 0.3) is 10.8 Å². The van der Waals surface area contributed by atoms with Crippen LogP contribution in [0.4, 0.5) is 4.79 Å². The minimum atomic E-state index is -1.24. The second-order valence-electron chi connectivity index (χ2n) is 7.81. The summed E-state index contributed by atoms with van der Waals surface area (Å²) in [6, 6.07) is 20.1. The fourth-order valence-corrected chi connectivity index (χ4v) is 4.21. The number of rotatable bonds is 5. The summed E-state index contributed by atoms with van der Waals surface area (Å²) in [5, 5.41) is 7.50. The molecule has 158 valence electrons. The molecule has 1 aliphatic heterocycles. The Morgan fingerprint density at radius 2 is 1.74 bits per heavy atom. The van der Waals surface area contributed by atoms with Gasteiger partial charge < -0.3 is 10.6 Å². The Hall–Kier alpha value is -3.19. The molecule has 0 spiro atoms. The Morgan fingerprint density at radius 3 is 2.48 bits per heavy atom. The van der Waals surface area contributed by atoms with Gasteiger partial charge in [-0.1, -0.05) is 70.5 Å². The lowest BCUT2D eigenvalue weighted by molar-refractivity contribution is -0.135. The van der Waals surface area contributed by atoms with Crippen molar-refractivity contribution in [3.63, 3.8) is 0 Å². The minimum Gasteiger partial charge on any atom is -0.348 e. The number of halogens is 1. The summed E-state index contributed by atoms with van der Waals surface area (Å²) < 4.78 is 0.946. The molecule has 0 bridgehead atoms. The number of carbonyl (C=O) groups excluding carboxylic acids is 3. The third-order valence-corrected chi connectivity index (χ3v) is 6.18. The zero-order valence-electron chi connectivity index (χ0n) is 17.2. The first-order valence-corrected chi connectivity index (χ1v) is 10.8. The van der Waals surface area contributed by atoms with Gasteiger partial charge in [-0.25, -0.2) is 4.79 Å². The number of amides is 4. The predicted octanol–water partition coefficient (Wildman–Crippen LogP) is 4.25. The zero-order chi connectivity index (χ0) is 22.2. The lowest BCUT2D eigenvalue weighted by Gasteiger charge is -2.24. The highest BCUT2D eigenvalue weighted by atomic mass is 79.9. The van der Waals surface area contributed by atoms with Crippen molar-refractivity contribution in [2.45, 2.75) is 25.4 Å². The van der Waals surface area contributed by atoms with Crippen molar-refractivity contribution in [1.29, 1.82) is 0 Å². The molecule has 4 amide bonds. The number of hydrogen-bond donors (Lipinski definition) is 2. The molecule has 2 atom stereocenters. The quantitative estimate of drug-likeness (QED) is 0.537. The molecule has 31 heavy (non-hydrogen) atoms. The fraction of sp³-hybridized carbons (Fsp3) is 0.208. The molecule has 3 aromatic rings. The van der Waals surface area contributed by atoms with E-state index in [2.05, 4.69) is 26.6 Å². The van der Waals surface area contributed by atoms with Gasteiger partial charge in [0.1, 0.15) is 12.1 Å². The molecule has 0 aliphatic carbocycles. The topological polar surface area (TPSA) is 78.5 Å². The molecule has 2 N–H and O–H groups in total. The van der Waals surface area contributed by atoms with E-state index in [1.54, 1.807) is 6.92 Å². The van der Waals surface area contributed by atoms with Crippen LogP contribution in [0.1, 0.15) is 31.0 Å². The Labute approximate surface area is 188 Å². The average molecular weight is 480 g/mol. The SMILES string of the molecule is CC(NC(=O)CN1C(=O)NC(C)(c2cccc3ccccc23)C1=O)c1ccc(Br)cc1. The van der Waals surface area contributed by atoms with E-state index in [0.717, 1.165) is 25.7 Å². The normalized spacial score (nSPS) is 19.4. The first-order chi connectivity index (χ1) is 14.8. The number of nitrogens with zero attached hydrogens (tertiary/aromatic N) is 1. The zero-order valence-corrected chi connectivity index (χ0v) is 18.8. The summed E-state index contributed by atoms with van der Waals surface area (Å²) in [6.07, 6.45) is 0. The van der Waals surface area contributed by atoms with E-state index >= 15 is 0 Å². The van der Waals surface area contributed by atoms with Crippen LogP contribution in [-0.2, 0) is 15.1 Å². The van der Waals surface area contributed by atoms with Gasteiger partial charge in [0.05, 0.1) is 6.04 Å². The maximum Gasteiger partial charge on any atom is 0.325 e. The first-order valence-electron chi connectivity index (χ1n) is 9.97. The van der Waals surface area contributed by atoms with Crippen LogP contribution in [0, 0.1) is 0 Å². The maximum atomic E-state index is 13.3. The van der Waals surface area contributed by atoms with E-state index in [9.17, 15) is 14.4 Å². The van der Waals surface area contributed by atoms with Crippen LogP contribution in [0.15, 0.2) is 71.2 Å². The van der Waals surface area contributed by atoms with Gasteiger partial charge in [-0.2, -0.15) is 0 Å². The summed E-state index contributed by atoms with van der Waals surface area (Å²) >= 11 is 3.39. The van der Waals surface area contributed by atoms with Gasteiger partial charge >= 0.3 is 6.03 Å². The molecule has 2 unspecified atom stereocenters. The van der Waals surface area contributed by atoms with E-state index in [0.29, 0.717) is 5.56 Å². The second kappa shape index (κ2) is 8.15. The van der Waals surface area contributed by atoms with Crippen molar-refractivity contribution in [3.8, 4) is 0 Å². The third kappa shape index (κ3) is 3.93. The molecule has 1 saturated heterocycles. The van der Waals surface area contributed by atoms with Crippen LogP contribution < -0.4 is 10.6 Å². The predicted molar refractivity (Wildman–Crippen MR) is 122 cm³/mol. The van der Waals surface area contributed by atoms with Crippen molar-refractivity contribution < 1.29 is 14.4 Å². The lowest BCUT2D eigenvalue weighted by Crippen LogP contribution is -2.43. The lowest BCUT2D eigenvalue weighted by atomic mass is 9.88. The molecule has 1 heterocycles. The van der Waals surface area contributed by atoms with Gasteiger partial charge in [-0.3, -0.25) is 14.5 Å². The van der Waals surface area contributed by atoms with Gasteiger partial charge in [0.15, 0.2) is 0 Å². The summed E-state index contributed by atoms with van der Waals surface area (Å²) in [5.74, 6) is -0.846. The molecule has 0 radical (unpaired) electrons. The number of nitrogens with one attached hydrogen (secondary N) is 2. The number of benzene rings is 3. The summed E-state index contributed by atoms with van der Waals surface area (Å²) in [5.41, 5.74) is 0.389. The van der Waals surface area contributed by atoms with E-state index in [1.165, 1.54) is 0 Å². The summed E-state index contributed by atoms with van der Waals surface area (Å²) in [6.45, 7) is 3.19. The van der Waals surface area contributed by atoms with Crippen molar-refractivity contribution >= 4 is 44.5 Å². The van der Waals surface area contributed by atoms with Crippen LogP contribution >= 0.6 is 15.9 Å². The average Bonchev–Trinajstić information content (AvgIpc) is 2.97. The number of fused-ring (bicyclic) bond motifs is 1. The van der Waals surface area contributed by atoms with Crippen molar-refractivity contribution in [1.82, 2.24) is 15.5 Å². The monoisotopic (exact) mass is 479 g/mol. The van der Waals surface area contributed by atoms with E-state index in [1.807, 2.05) is 73.7 Å². The minimum absolute atomic E-state index is 0.259. The summed E-state index contributed by atoms with van der Waals surface area (Å²) in [4.78, 5) is 39.5.